The van der Waals surface area contributed by atoms with Gasteiger partial charge in [-0.1, -0.05) is 0 Å². The fraction of sp³-hybridized carbons (Fsp3) is 0.500. The zero-order valence-corrected chi connectivity index (χ0v) is 8.63. The lowest BCUT2D eigenvalue weighted by molar-refractivity contribution is 0.580. The van der Waals surface area contributed by atoms with Crippen molar-refractivity contribution in [2.75, 3.05) is 12.8 Å². The van der Waals surface area contributed by atoms with E-state index in [9.17, 15) is 8.42 Å². The Bertz CT molecular complexity index is 456. The fourth-order valence-corrected chi connectivity index (χ4v) is 1.91. The first-order valence-corrected chi connectivity index (χ1v) is 6.22. The number of aromatic nitrogens is 2. The van der Waals surface area contributed by atoms with Crippen LogP contribution in [0.1, 0.15) is 11.3 Å². The molecule has 0 atom stereocenters. The SMILES string of the molecule is CS(=O)(=O)c1ncc2c(n1)CNCC2. The molecule has 0 amide bonds. The number of hydrogen-bond donors (Lipinski definition) is 1. The molecule has 76 valence electrons. The van der Waals surface area contributed by atoms with Gasteiger partial charge in [0, 0.05) is 19.0 Å². The van der Waals surface area contributed by atoms with E-state index in [1.165, 1.54) is 0 Å². The minimum Gasteiger partial charge on any atom is -0.311 e. The molecule has 2 heterocycles. The lowest BCUT2D eigenvalue weighted by atomic mass is 10.1. The van der Waals surface area contributed by atoms with E-state index in [1.807, 2.05) is 0 Å². The summed E-state index contributed by atoms with van der Waals surface area (Å²) in [6.45, 7) is 1.52. The lowest BCUT2D eigenvalue weighted by Crippen LogP contribution is -2.25. The van der Waals surface area contributed by atoms with E-state index >= 15 is 0 Å². The number of fused-ring (bicyclic) bond motifs is 1. The first-order chi connectivity index (χ1) is 6.57. The smallest absolute Gasteiger partial charge is 0.247 e. The first kappa shape index (κ1) is 9.54. The van der Waals surface area contributed by atoms with Crippen LogP contribution in [0, 0.1) is 0 Å². The van der Waals surface area contributed by atoms with E-state index in [0.717, 1.165) is 30.5 Å². The molecule has 0 unspecified atom stereocenters. The molecule has 14 heavy (non-hydrogen) atoms. The maximum Gasteiger partial charge on any atom is 0.247 e. The normalized spacial score (nSPS) is 16.4. The van der Waals surface area contributed by atoms with Crippen molar-refractivity contribution in [2.24, 2.45) is 0 Å². The molecule has 0 spiro atoms. The molecule has 1 aliphatic rings. The first-order valence-electron chi connectivity index (χ1n) is 4.33. The van der Waals surface area contributed by atoms with E-state index in [-0.39, 0.29) is 5.16 Å². The van der Waals surface area contributed by atoms with Crippen molar-refractivity contribution < 1.29 is 8.42 Å². The minimum atomic E-state index is -3.29. The molecule has 0 aromatic carbocycles. The summed E-state index contributed by atoms with van der Waals surface area (Å²) in [5, 5.41) is 3.05. The van der Waals surface area contributed by atoms with Gasteiger partial charge in [0.1, 0.15) is 0 Å². The molecule has 1 N–H and O–H groups in total. The summed E-state index contributed by atoms with van der Waals surface area (Å²) in [5.41, 5.74) is 1.84. The maximum absolute atomic E-state index is 11.2. The molecule has 0 fully saturated rings. The van der Waals surface area contributed by atoms with Gasteiger partial charge in [0.05, 0.1) is 5.69 Å². The van der Waals surface area contributed by atoms with Crippen LogP contribution in [0.3, 0.4) is 0 Å². The molecular formula is C8H11N3O2S. The summed E-state index contributed by atoms with van der Waals surface area (Å²) in [6, 6.07) is 0. The average molecular weight is 213 g/mol. The highest BCUT2D eigenvalue weighted by atomic mass is 32.2. The van der Waals surface area contributed by atoms with Crippen molar-refractivity contribution in [3.8, 4) is 0 Å². The third kappa shape index (κ3) is 1.76. The second-order valence-electron chi connectivity index (χ2n) is 3.32. The van der Waals surface area contributed by atoms with Crippen LogP contribution >= 0.6 is 0 Å². The Hall–Kier alpha value is -1.01. The molecule has 1 aliphatic heterocycles. The summed E-state index contributed by atoms with van der Waals surface area (Å²) in [7, 11) is -3.29. The highest BCUT2D eigenvalue weighted by molar-refractivity contribution is 7.90. The van der Waals surface area contributed by atoms with Gasteiger partial charge in [-0.2, -0.15) is 0 Å². The van der Waals surface area contributed by atoms with Crippen LogP contribution in [0.5, 0.6) is 0 Å². The number of hydrogen-bond acceptors (Lipinski definition) is 5. The van der Waals surface area contributed by atoms with Gasteiger partial charge in [-0.15, -0.1) is 0 Å². The number of nitrogens with zero attached hydrogens (tertiary/aromatic N) is 2. The van der Waals surface area contributed by atoms with E-state index in [0.29, 0.717) is 6.54 Å². The standard InChI is InChI=1S/C8H11N3O2S/c1-14(12,13)8-10-4-6-2-3-9-5-7(6)11-8/h4,9H,2-3,5H2,1H3. The molecule has 6 heteroatoms. The van der Waals surface area contributed by atoms with E-state index in [4.69, 9.17) is 0 Å². The molecule has 0 saturated heterocycles. The van der Waals surface area contributed by atoms with E-state index < -0.39 is 9.84 Å². The van der Waals surface area contributed by atoms with Crippen molar-refractivity contribution in [3.63, 3.8) is 0 Å². The van der Waals surface area contributed by atoms with Gasteiger partial charge in [0.2, 0.25) is 15.0 Å². The maximum atomic E-state index is 11.2. The predicted octanol–water partition coefficient (Wildman–Crippen LogP) is -0.474. The summed E-state index contributed by atoms with van der Waals surface area (Å²) >= 11 is 0. The number of rotatable bonds is 1. The summed E-state index contributed by atoms with van der Waals surface area (Å²) in [4.78, 5) is 7.86. The second-order valence-corrected chi connectivity index (χ2v) is 5.23. The minimum absolute atomic E-state index is 0.0834. The van der Waals surface area contributed by atoms with Gasteiger partial charge in [-0.3, -0.25) is 0 Å². The molecular weight excluding hydrogens is 202 g/mol. The van der Waals surface area contributed by atoms with Crippen LogP contribution in [0.25, 0.3) is 0 Å². The monoisotopic (exact) mass is 213 g/mol. The van der Waals surface area contributed by atoms with Gasteiger partial charge >= 0.3 is 0 Å². The number of nitrogens with one attached hydrogen (secondary N) is 1. The largest absolute Gasteiger partial charge is 0.311 e. The molecule has 0 saturated carbocycles. The lowest BCUT2D eigenvalue weighted by Gasteiger charge is -2.15. The van der Waals surface area contributed by atoms with Gasteiger partial charge in [0.25, 0.3) is 0 Å². The van der Waals surface area contributed by atoms with Gasteiger partial charge < -0.3 is 5.32 Å². The Morgan fingerprint density at radius 1 is 1.50 bits per heavy atom. The Labute approximate surface area is 82.5 Å². The summed E-state index contributed by atoms with van der Waals surface area (Å²) < 4.78 is 22.3. The molecule has 2 rings (SSSR count). The highest BCUT2D eigenvalue weighted by Gasteiger charge is 2.16. The molecule has 1 aromatic heterocycles. The third-order valence-corrected chi connectivity index (χ3v) is 2.99. The van der Waals surface area contributed by atoms with Crippen molar-refractivity contribution in [1.82, 2.24) is 15.3 Å². The molecule has 0 bridgehead atoms. The van der Waals surface area contributed by atoms with Crippen LogP contribution in [-0.4, -0.2) is 31.2 Å². The van der Waals surface area contributed by atoms with Crippen molar-refractivity contribution in [1.29, 1.82) is 0 Å². The van der Waals surface area contributed by atoms with Gasteiger partial charge in [-0.05, 0) is 18.5 Å². The highest BCUT2D eigenvalue weighted by Crippen LogP contribution is 2.12. The average Bonchev–Trinajstić information content (AvgIpc) is 2.16. The van der Waals surface area contributed by atoms with Crippen LogP contribution in [0.15, 0.2) is 11.4 Å². The Morgan fingerprint density at radius 2 is 2.29 bits per heavy atom. The quantitative estimate of drug-likeness (QED) is 0.638. The summed E-state index contributed by atoms with van der Waals surface area (Å²) in [5.74, 6) is 0. The number of sulfone groups is 1. The van der Waals surface area contributed by atoms with Crippen LogP contribution in [0.4, 0.5) is 0 Å². The van der Waals surface area contributed by atoms with Crippen molar-refractivity contribution in [2.45, 2.75) is 18.1 Å². The molecule has 0 aliphatic carbocycles. The van der Waals surface area contributed by atoms with Crippen LogP contribution < -0.4 is 5.32 Å². The van der Waals surface area contributed by atoms with Gasteiger partial charge in [-0.25, -0.2) is 18.4 Å². The predicted molar refractivity (Wildman–Crippen MR) is 50.6 cm³/mol. The van der Waals surface area contributed by atoms with Gasteiger partial charge in [0.15, 0.2) is 0 Å². The van der Waals surface area contributed by atoms with Crippen molar-refractivity contribution in [3.05, 3.63) is 17.5 Å². The Morgan fingerprint density at radius 3 is 3.00 bits per heavy atom. The zero-order valence-electron chi connectivity index (χ0n) is 7.82. The van der Waals surface area contributed by atoms with E-state index in [1.54, 1.807) is 6.20 Å². The zero-order chi connectivity index (χ0) is 10.2. The van der Waals surface area contributed by atoms with E-state index in [2.05, 4.69) is 15.3 Å². The third-order valence-electron chi connectivity index (χ3n) is 2.13. The van der Waals surface area contributed by atoms with Crippen LogP contribution in [0.2, 0.25) is 0 Å². The van der Waals surface area contributed by atoms with Crippen LogP contribution in [-0.2, 0) is 22.8 Å². The topological polar surface area (TPSA) is 72.0 Å². The Kier molecular flexibility index (Phi) is 2.24. The molecule has 0 radical (unpaired) electrons. The summed E-state index contributed by atoms with van der Waals surface area (Å²) in [6.07, 6.45) is 3.59. The second kappa shape index (κ2) is 3.29. The van der Waals surface area contributed by atoms with Crippen molar-refractivity contribution >= 4 is 9.84 Å². The Balaban J connectivity index is 2.49. The molecule has 5 nitrogen and oxygen atoms in total. The molecule has 1 aromatic rings. The fourth-order valence-electron chi connectivity index (χ4n) is 1.39.